The normalized spacial score (nSPS) is 16.0. The van der Waals surface area contributed by atoms with Crippen molar-refractivity contribution in [2.75, 3.05) is 13.6 Å². The summed E-state index contributed by atoms with van der Waals surface area (Å²) in [7, 11) is 2.10. The number of rotatable bonds is 5. The SMILES string of the molecule is CCN(C)Cc1ccc(-c2sc3c(c2C(=O)O)CC(C)(C)CC3)cc1. The lowest BCUT2D eigenvalue weighted by atomic mass is 9.76. The number of nitrogens with zero attached hydrogens (tertiary/aromatic N) is 1. The second kappa shape index (κ2) is 6.93. The number of carbonyl (C=O) groups is 1. The first-order valence-electron chi connectivity index (χ1n) is 8.96. The number of aromatic carboxylic acids is 1. The van der Waals surface area contributed by atoms with E-state index in [1.165, 1.54) is 10.4 Å². The Hall–Kier alpha value is -1.65. The minimum absolute atomic E-state index is 0.185. The molecule has 0 spiro atoms. The first kappa shape index (κ1) is 18.2. The highest BCUT2D eigenvalue weighted by Gasteiger charge is 2.32. The van der Waals surface area contributed by atoms with E-state index in [2.05, 4.69) is 57.0 Å². The van der Waals surface area contributed by atoms with Gasteiger partial charge >= 0.3 is 5.97 Å². The van der Waals surface area contributed by atoms with Crippen LogP contribution in [-0.4, -0.2) is 29.6 Å². The molecule has 1 aliphatic carbocycles. The predicted molar refractivity (Wildman–Crippen MR) is 105 cm³/mol. The van der Waals surface area contributed by atoms with Crippen molar-refractivity contribution in [1.29, 1.82) is 0 Å². The van der Waals surface area contributed by atoms with Crippen molar-refractivity contribution in [3.8, 4) is 10.4 Å². The smallest absolute Gasteiger partial charge is 0.337 e. The highest BCUT2D eigenvalue weighted by atomic mass is 32.1. The molecule has 2 aromatic rings. The molecule has 4 heteroatoms. The molecule has 0 radical (unpaired) electrons. The zero-order valence-corrected chi connectivity index (χ0v) is 16.4. The van der Waals surface area contributed by atoms with Crippen LogP contribution in [0.5, 0.6) is 0 Å². The van der Waals surface area contributed by atoms with Crippen molar-refractivity contribution >= 4 is 17.3 Å². The first-order chi connectivity index (χ1) is 11.8. The molecular formula is C21H27NO2S. The minimum Gasteiger partial charge on any atom is -0.478 e. The lowest BCUT2D eigenvalue weighted by Gasteiger charge is -2.29. The number of aryl methyl sites for hydroxylation is 1. The summed E-state index contributed by atoms with van der Waals surface area (Å²) in [5.41, 5.74) is 4.07. The van der Waals surface area contributed by atoms with Gasteiger partial charge in [0, 0.05) is 16.3 Å². The van der Waals surface area contributed by atoms with Gasteiger partial charge in [0.15, 0.2) is 0 Å². The second-order valence-corrected chi connectivity index (χ2v) is 8.99. The van der Waals surface area contributed by atoms with Crippen LogP contribution in [0.2, 0.25) is 0 Å². The van der Waals surface area contributed by atoms with Crippen molar-refractivity contribution in [3.63, 3.8) is 0 Å². The van der Waals surface area contributed by atoms with E-state index in [0.29, 0.717) is 5.56 Å². The van der Waals surface area contributed by atoms with Crippen LogP contribution >= 0.6 is 11.3 Å². The van der Waals surface area contributed by atoms with Crippen LogP contribution in [0.1, 0.15) is 53.6 Å². The summed E-state index contributed by atoms with van der Waals surface area (Å²) >= 11 is 1.68. The number of thiophene rings is 1. The summed E-state index contributed by atoms with van der Waals surface area (Å²) in [6.07, 6.45) is 2.98. The van der Waals surface area contributed by atoms with Crippen LogP contribution in [0.25, 0.3) is 10.4 Å². The van der Waals surface area contributed by atoms with Gasteiger partial charge in [-0.05, 0) is 55.0 Å². The molecule has 0 atom stereocenters. The summed E-state index contributed by atoms with van der Waals surface area (Å²) in [6.45, 7) is 8.54. The Labute approximate surface area is 154 Å². The molecule has 0 saturated carbocycles. The Morgan fingerprint density at radius 3 is 2.56 bits per heavy atom. The maximum Gasteiger partial charge on any atom is 0.337 e. The van der Waals surface area contributed by atoms with Gasteiger partial charge in [0.25, 0.3) is 0 Å². The van der Waals surface area contributed by atoms with E-state index in [1.807, 2.05) is 0 Å². The van der Waals surface area contributed by atoms with Gasteiger partial charge < -0.3 is 10.0 Å². The molecule has 0 fully saturated rings. The predicted octanol–water partition coefficient (Wildman–Crippen LogP) is 5.08. The Kier molecular flexibility index (Phi) is 5.03. The molecule has 1 aromatic carbocycles. The monoisotopic (exact) mass is 357 g/mol. The molecule has 134 valence electrons. The van der Waals surface area contributed by atoms with Crippen LogP contribution < -0.4 is 0 Å². The Morgan fingerprint density at radius 2 is 1.96 bits per heavy atom. The fourth-order valence-corrected chi connectivity index (χ4v) is 4.85. The molecule has 1 aliphatic rings. The summed E-state index contributed by atoms with van der Waals surface area (Å²) in [4.78, 5) is 16.4. The molecule has 0 saturated heterocycles. The van der Waals surface area contributed by atoms with Crippen molar-refractivity contribution in [2.24, 2.45) is 5.41 Å². The number of hydrogen-bond acceptors (Lipinski definition) is 3. The van der Waals surface area contributed by atoms with Crippen molar-refractivity contribution in [2.45, 2.75) is 46.6 Å². The summed E-state index contributed by atoms with van der Waals surface area (Å²) in [5.74, 6) is -0.792. The molecule has 25 heavy (non-hydrogen) atoms. The van der Waals surface area contributed by atoms with Gasteiger partial charge in [-0.2, -0.15) is 0 Å². The number of hydrogen-bond donors (Lipinski definition) is 1. The fourth-order valence-electron chi connectivity index (χ4n) is 3.53. The van der Waals surface area contributed by atoms with E-state index in [1.54, 1.807) is 11.3 Å². The largest absolute Gasteiger partial charge is 0.478 e. The van der Waals surface area contributed by atoms with Gasteiger partial charge in [0.1, 0.15) is 0 Å². The Morgan fingerprint density at radius 1 is 1.28 bits per heavy atom. The molecule has 1 heterocycles. The number of fused-ring (bicyclic) bond motifs is 1. The van der Waals surface area contributed by atoms with Gasteiger partial charge in [-0.3, -0.25) is 0 Å². The molecule has 1 N–H and O–H groups in total. The van der Waals surface area contributed by atoms with E-state index in [0.717, 1.165) is 48.4 Å². The zero-order chi connectivity index (χ0) is 18.2. The third-order valence-electron chi connectivity index (χ3n) is 5.20. The van der Waals surface area contributed by atoms with Gasteiger partial charge in [-0.15, -0.1) is 11.3 Å². The van der Waals surface area contributed by atoms with Crippen LogP contribution in [0.15, 0.2) is 24.3 Å². The fraction of sp³-hybridized carbons (Fsp3) is 0.476. The average Bonchev–Trinajstić information content (AvgIpc) is 2.92. The maximum absolute atomic E-state index is 12.0. The van der Waals surface area contributed by atoms with Crippen molar-refractivity contribution in [1.82, 2.24) is 4.90 Å². The van der Waals surface area contributed by atoms with Crippen LogP contribution in [0.4, 0.5) is 0 Å². The van der Waals surface area contributed by atoms with E-state index >= 15 is 0 Å². The van der Waals surface area contributed by atoms with Crippen LogP contribution in [-0.2, 0) is 19.4 Å². The van der Waals surface area contributed by atoms with Crippen LogP contribution in [0, 0.1) is 5.41 Å². The Balaban J connectivity index is 1.98. The summed E-state index contributed by atoms with van der Waals surface area (Å²) in [5, 5.41) is 9.85. The number of carboxylic acids is 1. The van der Waals surface area contributed by atoms with Crippen molar-refractivity contribution in [3.05, 3.63) is 45.8 Å². The molecule has 0 bridgehead atoms. The molecule has 0 unspecified atom stereocenters. The standard InChI is InChI=1S/C21H27NO2S/c1-5-22(4)13-14-6-8-15(9-7-14)19-18(20(23)24)16-12-21(2,3)11-10-17(16)25-19/h6-9H,5,10-13H2,1-4H3,(H,23,24). The topological polar surface area (TPSA) is 40.5 Å². The van der Waals surface area contributed by atoms with E-state index in [4.69, 9.17) is 0 Å². The summed E-state index contributed by atoms with van der Waals surface area (Å²) < 4.78 is 0. The quantitative estimate of drug-likeness (QED) is 0.811. The number of benzene rings is 1. The lowest BCUT2D eigenvalue weighted by Crippen LogP contribution is -2.22. The third-order valence-corrected chi connectivity index (χ3v) is 6.54. The highest BCUT2D eigenvalue weighted by molar-refractivity contribution is 7.16. The second-order valence-electron chi connectivity index (χ2n) is 7.88. The molecule has 0 aliphatic heterocycles. The molecule has 1 aromatic heterocycles. The maximum atomic E-state index is 12.0. The van der Waals surface area contributed by atoms with Crippen molar-refractivity contribution < 1.29 is 9.90 Å². The van der Waals surface area contributed by atoms with Crippen LogP contribution in [0.3, 0.4) is 0 Å². The third kappa shape index (κ3) is 3.80. The summed E-state index contributed by atoms with van der Waals surface area (Å²) in [6, 6.07) is 8.40. The average molecular weight is 358 g/mol. The van der Waals surface area contributed by atoms with E-state index < -0.39 is 5.97 Å². The lowest BCUT2D eigenvalue weighted by molar-refractivity contribution is 0.0696. The Bertz CT molecular complexity index is 774. The number of carboxylic acid groups (broad SMARTS) is 1. The van der Waals surface area contributed by atoms with E-state index in [-0.39, 0.29) is 5.41 Å². The molecule has 3 nitrogen and oxygen atoms in total. The van der Waals surface area contributed by atoms with Gasteiger partial charge in [0.2, 0.25) is 0 Å². The zero-order valence-electron chi connectivity index (χ0n) is 15.6. The first-order valence-corrected chi connectivity index (χ1v) is 9.78. The molecule has 3 rings (SSSR count). The van der Waals surface area contributed by atoms with Gasteiger partial charge in [0.05, 0.1) is 5.56 Å². The highest BCUT2D eigenvalue weighted by Crippen LogP contribution is 2.45. The minimum atomic E-state index is -0.792. The molecule has 0 amide bonds. The van der Waals surface area contributed by atoms with E-state index in [9.17, 15) is 9.90 Å². The van der Waals surface area contributed by atoms with Gasteiger partial charge in [-0.25, -0.2) is 4.79 Å². The van der Waals surface area contributed by atoms with Gasteiger partial charge in [-0.1, -0.05) is 45.0 Å². The molecular weight excluding hydrogens is 330 g/mol.